The van der Waals surface area contributed by atoms with Crippen molar-refractivity contribution in [3.05, 3.63) is 69.3 Å². The van der Waals surface area contributed by atoms with Crippen LogP contribution in [0, 0.1) is 0 Å². The second-order valence-electron chi connectivity index (χ2n) is 6.89. The van der Waals surface area contributed by atoms with Gasteiger partial charge >= 0.3 is 6.36 Å². The van der Waals surface area contributed by atoms with E-state index < -0.39 is 12.3 Å². The molecular formula is C22H19ClF3N3O3S. The van der Waals surface area contributed by atoms with Gasteiger partial charge in [0.25, 0.3) is 5.91 Å². The van der Waals surface area contributed by atoms with Crippen molar-refractivity contribution < 1.29 is 27.5 Å². The van der Waals surface area contributed by atoms with Gasteiger partial charge in [-0.1, -0.05) is 11.6 Å². The molecule has 0 aliphatic rings. The minimum Gasteiger partial charge on any atom is -0.406 e. The second kappa shape index (κ2) is 10.7. The Kier molecular flexibility index (Phi) is 7.93. The number of carbonyl (C=O) groups is 2. The maximum Gasteiger partial charge on any atom is 0.573 e. The van der Waals surface area contributed by atoms with Crippen LogP contribution in [0.2, 0.25) is 5.02 Å². The van der Waals surface area contributed by atoms with Gasteiger partial charge in [-0.3, -0.25) is 9.59 Å². The number of rotatable bonds is 7. The quantitative estimate of drug-likeness (QED) is 0.465. The number of hydrogen-bond acceptors (Lipinski definition) is 4. The van der Waals surface area contributed by atoms with Gasteiger partial charge in [0.1, 0.15) is 5.75 Å². The van der Waals surface area contributed by atoms with Crippen molar-refractivity contribution >= 4 is 34.8 Å². The molecule has 174 valence electrons. The summed E-state index contributed by atoms with van der Waals surface area (Å²) in [5.74, 6) is -0.945. The van der Waals surface area contributed by atoms with E-state index in [-0.39, 0.29) is 11.7 Å². The average molecular weight is 498 g/mol. The number of ether oxygens (including phenoxy) is 1. The molecule has 33 heavy (non-hydrogen) atoms. The van der Waals surface area contributed by atoms with Gasteiger partial charge in [0.15, 0.2) is 4.80 Å². The maximum atomic E-state index is 12.6. The highest BCUT2D eigenvalue weighted by molar-refractivity contribution is 7.07. The topological polar surface area (TPSA) is 72.7 Å². The molecule has 0 spiro atoms. The van der Waals surface area contributed by atoms with Crippen molar-refractivity contribution in [3.8, 4) is 17.0 Å². The van der Waals surface area contributed by atoms with Crippen LogP contribution in [-0.2, 0) is 11.3 Å². The van der Waals surface area contributed by atoms with Crippen molar-refractivity contribution in [1.82, 2.24) is 9.88 Å². The highest BCUT2D eigenvalue weighted by atomic mass is 35.5. The second-order valence-corrected chi connectivity index (χ2v) is 8.16. The van der Waals surface area contributed by atoms with Crippen LogP contribution in [0.3, 0.4) is 0 Å². The smallest absolute Gasteiger partial charge is 0.406 e. The molecule has 0 aliphatic heterocycles. The fourth-order valence-corrected chi connectivity index (χ4v) is 4.00. The molecule has 6 nitrogen and oxygen atoms in total. The van der Waals surface area contributed by atoms with E-state index in [9.17, 15) is 22.8 Å². The number of hydrogen-bond donors (Lipinski definition) is 1. The Morgan fingerprint density at radius 3 is 2.39 bits per heavy atom. The Labute approximate surface area is 196 Å². The number of amides is 2. The Hall–Kier alpha value is -3.11. The first-order valence-electron chi connectivity index (χ1n) is 9.76. The summed E-state index contributed by atoms with van der Waals surface area (Å²) in [7, 11) is 0. The molecule has 0 unspecified atom stereocenters. The average Bonchev–Trinajstić information content (AvgIpc) is 3.13. The van der Waals surface area contributed by atoms with E-state index in [1.807, 2.05) is 0 Å². The zero-order valence-electron chi connectivity index (χ0n) is 17.4. The fraction of sp³-hybridized carbons (Fsp3) is 0.227. The molecule has 1 N–H and O–H groups in total. The first-order chi connectivity index (χ1) is 15.6. The van der Waals surface area contributed by atoms with E-state index in [4.69, 9.17) is 11.6 Å². The Morgan fingerprint density at radius 2 is 1.79 bits per heavy atom. The molecule has 1 heterocycles. The molecular weight excluding hydrogens is 479 g/mol. The number of thiazole rings is 1. The number of nitrogens with one attached hydrogen (secondary N) is 1. The first-order valence-corrected chi connectivity index (χ1v) is 11.0. The lowest BCUT2D eigenvalue weighted by atomic mass is 10.1. The molecule has 0 aliphatic carbocycles. The van der Waals surface area contributed by atoms with E-state index in [0.29, 0.717) is 46.2 Å². The van der Waals surface area contributed by atoms with Crippen molar-refractivity contribution in [2.45, 2.75) is 26.3 Å². The summed E-state index contributed by atoms with van der Waals surface area (Å²) in [6, 6.07) is 11.8. The monoisotopic (exact) mass is 497 g/mol. The molecule has 2 aromatic carbocycles. The number of halogens is 4. The molecule has 0 atom stereocenters. The predicted octanol–water partition coefficient (Wildman–Crippen LogP) is 5.04. The molecule has 0 saturated carbocycles. The van der Waals surface area contributed by atoms with Crippen LogP contribution >= 0.6 is 22.9 Å². The number of aromatic nitrogens is 1. The Bertz CT molecular complexity index is 1190. The summed E-state index contributed by atoms with van der Waals surface area (Å²) in [6.07, 6.45) is -4.22. The normalized spacial score (nSPS) is 12.0. The third kappa shape index (κ3) is 7.19. The van der Waals surface area contributed by atoms with Crippen molar-refractivity contribution in [2.75, 3.05) is 6.54 Å². The summed E-state index contributed by atoms with van der Waals surface area (Å²) in [4.78, 5) is 28.4. The van der Waals surface area contributed by atoms with Gasteiger partial charge < -0.3 is 14.6 Å². The van der Waals surface area contributed by atoms with Crippen LogP contribution in [0.4, 0.5) is 13.2 Å². The lowest BCUT2D eigenvalue weighted by molar-refractivity contribution is -0.274. The van der Waals surface area contributed by atoms with Crippen LogP contribution in [0.1, 0.15) is 23.7 Å². The minimum atomic E-state index is -4.78. The van der Waals surface area contributed by atoms with E-state index in [0.717, 1.165) is 0 Å². The summed E-state index contributed by atoms with van der Waals surface area (Å²) in [5.41, 5.74) is 1.66. The van der Waals surface area contributed by atoms with E-state index in [1.54, 1.807) is 34.2 Å². The van der Waals surface area contributed by atoms with Crippen LogP contribution < -0.4 is 14.9 Å². The molecule has 0 fully saturated rings. The lowest BCUT2D eigenvalue weighted by Gasteiger charge is -2.11. The summed E-state index contributed by atoms with van der Waals surface area (Å²) in [5, 5.41) is 4.97. The van der Waals surface area contributed by atoms with Gasteiger partial charge in [-0.25, -0.2) is 0 Å². The molecule has 1 aromatic heterocycles. The zero-order valence-corrected chi connectivity index (χ0v) is 18.9. The third-order valence-corrected chi connectivity index (χ3v) is 5.52. The van der Waals surface area contributed by atoms with E-state index >= 15 is 0 Å². The number of alkyl halides is 3. The molecule has 3 rings (SSSR count). The molecule has 11 heteroatoms. The number of carbonyl (C=O) groups excluding carboxylic acids is 2. The van der Waals surface area contributed by atoms with Gasteiger partial charge in [-0.2, -0.15) is 4.99 Å². The van der Waals surface area contributed by atoms with Crippen LogP contribution in [0.5, 0.6) is 5.75 Å². The molecule has 0 bridgehead atoms. The molecule has 0 saturated heterocycles. The predicted molar refractivity (Wildman–Crippen MR) is 119 cm³/mol. The largest absolute Gasteiger partial charge is 0.573 e. The number of benzene rings is 2. The summed E-state index contributed by atoms with van der Waals surface area (Å²) >= 11 is 7.09. The van der Waals surface area contributed by atoms with Gasteiger partial charge in [0.05, 0.1) is 5.69 Å². The highest BCUT2D eigenvalue weighted by Crippen LogP contribution is 2.27. The highest BCUT2D eigenvalue weighted by Gasteiger charge is 2.31. The molecule has 0 radical (unpaired) electrons. The Morgan fingerprint density at radius 1 is 1.12 bits per heavy atom. The SMILES string of the molecule is CC(=O)NCCCn1c(-c2ccc(OC(F)(F)F)cc2)csc1=NC(=O)c1ccc(Cl)cc1. The van der Waals surface area contributed by atoms with Crippen LogP contribution in [0.25, 0.3) is 11.3 Å². The standard InChI is InChI=1S/C22H19ClF3N3O3S/c1-14(30)27-11-2-12-29-19(15-5-9-18(10-6-15)32-22(24,25)26)13-33-21(29)28-20(31)16-3-7-17(23)8-4-16/h3-10,13H,2,11-12H2,1H3,(H,27,30). The van der Waals surface area contributed by atoms with Gasteiger partial charge in [0, 0.05) is 36.0 Å². The van der Waals surface area contributed by atoms with Gasteiger partial charge in [0.2, 0.25) is 5.91 Å². The minimum absolute atomic E-state index is 0.159. The van der Waals surface area contributed by atoms with E-state index in [1.165, 1.54) is 42.5 Å². The van der Waals surface area contributed by atoms with Crippen molar-refractivity contribution in [1.29, 1.82) is 0 Å². The fourth-order valence-electron chi connectivity index (χ4n) is 2.94. The molecule has 3 aromatic rings. The first kappa shape index (κ1) is 24.5. The van der Waals surface area contributed by atoms with Gasteiger partial charge in [-0.15, -0.1) is 24.5 Å². The van der Waals surface area contributed by atoms with Crippen LogP contribution in [0.15, 0.2) is 58.9 Å². The van der Waals surface area contributed by atoms with Crippen molar-refractivity contribution in [3.63, 3.8) is 0 Å². The lowest BCUT2D eigenvalue weighted by Crippen LogP contribution is -2.24. The van der Waals surface area contributed by atoms with Crippen LogP contribution in [-0.4, -0.2) is 29.3 Å². The third-order valence-electron chi connectivity index (χ3n) is 4.40. The summed E-state index contributed by atoms with van der Waals surface area (Å²) < 4.78 is 43.0. The van der Waals surface area contributed by atoms with Gasteiger partial charge in [-0.05, 0) is 60.5 Å². The number of nitrogens with zero attached hydrogens (tertiary/aromatic N) is 2. The maximum absolute atomic E-state index is 12.6. The molecule has 2 amide bonds. The summed E-state index contributed by atoms with van der Waals surface area (Å²) in [6.45, 7) is 2.26. The van der Waals surface area contributed by atoms with Crippen molar-refractivity contribution in [2.24, 2.45) is 4.99 Å². The zero-order chi connectivity index (χ0) is 24.0. The van der Waals surface area contributed by atoms with E-state index in [2.05, 4.69) is 15.0 Å². The Balaban J connectivity index is 1.93.